The number of fused-ring (bicyclic) bond motifs is 1. The number of piperidine rings is 1. The van der Waals surface area contributed by atoms with E-state index in [0.29, 0.717) is 28.8 Å². The van der Waals surface area contributed by atoms with Crippen molar-refractivity contribution in [1.82, 2.24) is 34.4 Å². The molecule has 4 heterocycles. The molecule has 11 heteroatoms. The van der Waals surface area contributed by atoms with Crippen LogP contribution < -0.4 is 10.5 Å². The molecule has 0 spiro atoms. The summed E-state index contributed by atoms with van der Waals surface area (Å²) in [6.45, 7) is 2.38. The zero-order valence-corrected chi connectivity index (χ0v) is 16.9. The molecule has 152 valence electrons. The molecule has 0 aliphatic carbocycles. The second-order valence-electron chi connectivity index (χ2n) is 6.85. The topological polar surface area (TPSA) is 125 Å². The van der Waals surface area contributed by atoms with E-state index in [-0.39, 0.29) is 0 Å². The molecule has 1 aliphatic heterocycles. The molecule has 0 bridgehead atoms. The summed E-state index contributed by atoms with van der Waals surface area (Å²) in [5.74, 6) is 1.40. The van der Waals surface area contributed by atoms with E-state index in [0.717, 1.165) is 55.5 Å². The predicted molar refractivity (Wildman–Crippen MR) is 107 cm³/mol. The van der Waals surface area contributed by atoms with Gasteiger partial charge in [0.2, 0.25) is 12.3 Å². The van der Waals surface area contributed by atoms with E-state index in [2.05, 4.69) is 29.5 Å². The Bertz CT molecular complexity index is 1000. The summed E-state index contributed by atoms with van der Waals surface area (Å²) in [5.41, 5.74) is 7.33. The molecule has 0 radical (unpaired) electrons. The molecule has 0 atom stereocenters. The van der Waals surface area contributed by atoms with Crippen molar-refractivity contribution in [3.05, 3.63) is 18.7 Å². The number of amides is 1. The zero-order valence-electron chi connectivity index (χ0n) is 16.1. The van der Waals surface area contributed by atoms with Crippen LogP contribution in [0, 0.1) is 5.92 Å². The third kappa shape index (κ3) is 4.24. The Labute approximate surface area is 171 Å². The fourth-order valence-electron chi connectivity index (χ4n) is 3.46. The summed E-state index contributed by atoms with van der Waals surface area (Å²) < 4.78 is 7.25. The maximum atomic E-state index is 10.9. The van der Waals surface area contributed by atoms with Crippen LogP contribution >= 0.6 is 11.8 Å². The van der Waals surface area contributed by atoms with Crippen LogP contribution in [0.15, 0.2) is 28.9 Å². The largest absolute Gasteiger partial charge is 0.481 e. The minimum absolute atomic E-state index is 0.357. The number of aromatic nitrogens is 6. The van der Waals surface area contributed by atoms with E-state index >= 15 is 0 Å². The van der Waals surface area contributed by atoms with E-state index in [9.17, 15) is 4.79 Å². The summed E-state index contributed by atoms with van der Waals surface area (Å²) >= 11 is 1.41. The first-order valence-corrected chi connectivity index (χ1v) is 10.2. The summed E-state index contributed by atoms with van der Waals surface area (Å²) in [7, 11) is 1.57. The molecule has 0 saturated carbocycles. The second-order valence-corrected chi connectivity index (χ2v) is 7.84. The molecule has 4 rings (SSSR count). The highest BCUT2D eigenvalue weighted by molar-refractivity contribution is 7.99. The Morgan fingerprint density at radius 2 is 2.03 bits per heavy atom. The van der Waals surface area contributed by atoms with Crippen molar-refractivity contribution in [2.45, 2.75) is 36.0 Å². The van der Waals surface area contributed by atoms with Crippen LogP contribution in [0.3, 0.4) is 0 Å². The number of likely N-dealkylation sites (tertiary alicyclic amines) is 1. The van der Waals surface area contributed by atoms with E-state index < -0.39 is 0 Å². The quantitative estimate of drug-likeness (QED) is 0.453. The normalized spacial score (nSPS) is 15.0. The average Bonchev–Trinajstić information content (AvgIpc) is 3.11. The van der Waals surface area contributed by atoms with Gasteiger partial charge in [-0.15, -0.1) is 0 Å². The Morgan fingerprint density at radius 3 is 2.79 bits per heavy atom. The van der Waals surface area contributed by atoms with Crippen LogP contribution in [-0.2, 0) is 11.3 Å². The molecule has 1 amide bonds. The molecule has 0 unspecified atom stereocenters. The molecule has 1 fully saturated rings. The lowest BCUT2D eigenvalue weighted by Crippen LogP contribution is -2.32. The van der Waals surface area contributed by atoms with Gasteiger partial charge in [0.1, 0.15) is 17.7 Å². The highest BCUT2D eigenvalue weighted by Crippen LogP contribution is 2.31. The third-order valence-electron chi connectivity index (χ3n) is 5.11. The monoisotopic (exact) mass is 414 g/mol. The standard InChI is InChI=1S/C18H22N8O2S/c1-28-13-8-14(21-9-20-13)29-18-24-15-16(19)22-10-23-17(15)26(18)7-4-12-2-5-25(11-27)6-3-12/h8-12H,2-7H2,1H3,(H2,19,22,23). The average molecular weight is 414 g/mol. The first kappa shape index (κ1) is 19.4. The van der Waals surface area contributed by atoms with Crippen LogP contribution in [-0.4, -0.2) is 61.0 Å². The SMILES string of the molecule is COc1cc(Sc2nc3c(N)ncnc3n2CCC2CCN(C=O)CC2)ncn1. The van der Waals surface area contributed by atoms with Crippen LogP contribution in [0.1, 0.15) is 19.3 Å². The molecule has 0 aromatic carbocycles. The van der Waals surface area contributed by atoms with Gasteiger partial charge >= 0.3 is 0 Å². The van der Waals surface area contributed by atoms with Crippen molar-refractivity contribution in [3.63, 3.8) is 0 Å². The summed E-state index contributed by atoms with van der Waals surface area (Å²) in [6.07, 6.45) is 6.85. The number of nitrogen functional groups attached to an aromatic ring is 1. The van der Waals surface area contributed by atoms with Gasteiger partial charge in [0.25, 0.3) is 0 Å². The predicted octanol–water partition coefficient (Wildman–Crippen LogP) is 1.62. The van der Waals surface area contributed by atoms with Crippen molar-refractivity contribution in [2.24, 2.45) is 5.92 Å². The van der Waals surface area contributed by atoms with Crippen molar-refractivity contribution >= 4 is 35.2 Å². The van der Waals surface area contributed by atoms with Crippen molar-refractivity contribution in [3.8, 4) is 5.88 Å². The molecule has 3 aromatic heterocycles. The number of hydrogen-bond acceptors (Lipinski definition) is 9. The van der Waals surface area contributed by atoms with Gasteiger partial charge in [-0.1, -0.05) is 0 Å². The smallest absolute Gasteiger partial charge is 0.217 e. The van der Waals surface area contributed by atoms with Gasteiger partial charge in [0.05, 0.1) is 7.11 Å². The minimum Gasteiger partial charge on any atom is -0.481 e. The van der Waals surface area contributed by atoms with Crippen molar-refractivity contribution < 1.29 is 9.53 Å². The number of nitrogens with zero attached hydrogens (tertiary/aromatic N) is 7. The number of anilines is 1. The number of ether oxygens (including phenoxy) is 1. The van der Waals surface area contributed by atoms with E-state index in [1.54, 1.807) is 13.2 Å². The number of carbonyl (C=O) groups excluding carboxylic acids is 1. The lowest BCUT2D eigenvalue weighted by Gasteiger charge is -2.29. The number of hydrogen-bond donors (Lipinski definition) is 1. The van der Waals surface area contributed by atoms with Gasteiger partial charge in [-0.05, 0) is 36.9 Å². The second kappa shape index (κ2) is 8.60. The maximum Gasteiger partial charge on any atom is 0.217 e. The van der Waals surface area contributed by atoms with Gasteiger partial charge in [-0.2, -0.15) is 0 Å². The van der Waals surface area contributed by atoms with Crippen molar-refractivity contribution in [1.29, 1.82) is 0 Å². The van der Waals surface area contributed by atoms with Crippen LogP contribution in [0.5, 0.6) is 5.88 Å². The maximum absolute atomic E-state index is 10.9. The lowest BCUT2D eigenvalue weighted by molar-refractivity contribution is -0.119. The summed E-state index contributed by atoms with van der Waals surface area (Å²) in [6, 6.07) is 1.76. The van der Waals surface area contributed by atoms with Gasteiger partial charge in [-0.3, -0.25) is 4.79 Å². The Morgan fingerprint density at radius 1 is 1.24 bits per heavy atom. The third-order valence-corrected chi connectivity index (χ3v) is 6.03. The number of rotatable bonds is 7. The molecule has 10 nitrogen and oxygen atoms in total. The van der Waals surface area contributed by atoms with E-state index in [1.165, 1.54) is 24.4 Å². The summed E-state index contributed by atoms with van der Waals surface area (Å²) in [4.78, 5) is 34.2. The Balaban J connectivity index is 1.58. The molecular formula is C18H22N8O2S. The van der Waals surface area contributed by atoms with Crippen LogP contribution in [0.4, 0.5) is 5.82 Å². The van der Waals surface area contributed by atoms with Gasteiger partial charge < -0.3 is 19.9 Å². The van der Waals surface area contributed by atoms with Gasteiger partial charge in [-0.25, -0.2) is 24.9 Å². The molecule has 29 heavy (non-hydrogen) atoms. The Kier molecular flexibility index (Phi) is 5.74. The van der Waals surface area contributed by atoms with Crippen LogP contribution in [0.2, 0.25) is 0 Å². The molecule has 2 N–H and O–H groups in total. The fourth-order valence-corrected chi connectivity index (χ4v) is 4.33. The Hall–Kier alpha value is -2.95. The number of carbonyl (C=O) groups is 1. The number of imidazole rings is 1. The number of nitrogens with two attached hydrogens (primary N) is 1. The minimum atomic E-state index is 0.357. The zero-order chi connectivity index (χ0) is 20.2. The fraction of sp³-hybridized carbons (Fsp3) is 0.444. The van der Waals surface area contributed by atoms with Crippen LogP contribution in [0.25, 0.3) is 11.2 Å². The number of methoxy groups -OCH3 is 1. The van der Waals surface area contributed by atoms with Gasteiger partial charge in [0.15, 0.2) is 22.1 Å². The molecule has 1 aliphatic rings. The van der Waals surface area contributed by atoms with Gasteiger partial charge in [0, 0.05) is 25.7 Å². The number of aryl methyl sites for hydroxylation is 1. The van der Waals surface area contributed by atoms with Crippen molar-refractivity contribution in [2.75, 3.05) is 25.9 Å². The van der Waals surface area contributed by atoms with E-state index in [1.807, 2.05) is 4.90 Å². The first-order valence-electron chi connectivity index (χ1n) is 9.38. The first-order chi connectivity index (χ1) is 14.2. The highest BCUT2D eigenvalue weighted by Gasteiger charge is 2.21. The molecule has 3 aromatic rings. The van der Waals surface area contributed by atoms with E-state index in [4.69, 9.17) is 10.5 Å². The molecule has 1 saturated heterocycles. The summed E-state index contributed by atoms with van der Waals surface area (Å²) in [5, 5.41) is 1.47. The highest BCUT2D eigenvalue weighted by atomic mass is 32.2. The molecular weight excluding hydrogens is 392 g/mol. The lowest BCUT2D eigenvalue weighted by atomic mass is 9.94.